The third-order valence-electron chi connectivity index (χ3n) is 3.21. The number of oxazole rings is 1. The van der Waals surface area contributed by atoms with Gasteiger partial charge in [-0.3, -0.25) is 4.98 Å². The predicted molar refractivity (Wildman–Crippen MR) is 85.2 cm³/mol. The van der Waals surface area contributed by atoms with E-state index in [2.05, 4.69) is 20.9 Å². The molecule has 1 unspecified atom stereocenters. The fourth-order valence-corrected chi connectivity index (χ4v) is 2.85. The summed E-state index contributed by atoms with van der Waals surface area (Å²) in [6.07, 6.45) is 0. The van der Waals surface area contributed by atoms with E-state index in [1.54, 1.807) is 19.2 Å². The second kappa shape index (κ2) is 5.58. The van der Waals surface area contributed by atoms with Crippen LogP contribution in [0.25, 0.3) is 11.1 Å². The molecule has 0 aliphatic rings. The van der Waals surface area contributed by atoms with E-state index in [1.165, 1.54) is 0 Å². The van der Waals surface area contributed by atoms with Crippen LogP contribution < -0.4 is 10.5 Å². The quantitative estimate of drug-likeness (QED) is 0.704. The minimum Gasteiger partial charge on any atom is -0.496 e. The molecule has 3 rings (SSSR count). The van der Waals surface area contributed by atoms with Gasteiger partial charge in [-0.05, 0) is 29.8 Å². The Kier molecular flexibility index (Phi) is 3.78. The van der Waals surface area contributed by atoms with Crippen molar-refractivity contribution in [1.29, 1.82) is 0 Å². The Balaban J connectivity index is 2.07. The molecule has 4 nitrogen and oxygen atoms in total. The molecular weight excluding hydrogens is 358 g/mol. The van der Waals surface area contributed by atoms with E-state index >= 15 is 0 Å². The van der Waals surface area contributed by atoms with E-state index in [4.69, 9.17) is 20.8 Å². The third-order valence-corrected chi connectivity index (χ3v) is 4.19. The minimum atomic E-state index is -0.477. The predicted octanol–water partition coefficient (Wildman–Crippen LogP) is 4.22. The number of H-pyrrole nitrogens is 1. The number of hydrogen-bond donors (Lipinski definition) is 1. The molecule has 21 heavy (non-hydrogen) atoms. The molecule has 0 fully saturated rings. The lowest BCUT2D eigenvalue weighted by atomic mass is 10.0. The summed E-state index contributed by atoms with van der Waals surface area (Å²) in [5, 5.41) is -0.405. The number of fused-ring (bicyclic) bond motifs is 1. The van der Waals surface area contributed by atoms with E-state index in [0.717, 1.165) is 15.6 Å². The topological polar surface area (TPSA) is 55.2 Å². The summed E-state index contributed by atoms with van der Waals surface area (Å²) in [5.41, 5.74) is 2.81. The number of methoxy groups -OCH3 is 1. The van der Waals surface area contributed by atoms with Crippen LogP contribution in [0.2, 0.25) is 0 Å². The number of benzene rings is 2. The number of rotatable bonds is 3. The molecule has 0 aliphatic carbocycles. The number of alkyl halides is 1. The van der Waals surface area contributed by atoms with E-state index < -0.39 is 11.1 Å². The molecule has 0 radical (unpaired) electrons. The highest BCUT2D eigenvalue weighted by Gasteiger charge is 2.17. The van der Waals surface area contributed by atoms with Crippen LogP contribution in [0.3, 0.4) is 0 Å². The van der Waals surface area contributed by atoms with Gasteiger partial charge in [-0.1, -0.05) is 28.1 Å². The van der Waals surface area contributed by atoms with Gasteiger partial charge >= 0.3 is 5.76 Å². The number of nitrogens with one attached hydrogen (secondary N) is 1. The van der Waals surface area contributed by atoms with Gasteiger partial charge < -0.3 is 9.15 Å². The highest BCUT2D eigenvalue weighted by Crippen LogP contribution is 2.37. The SMILES string of the molecule is COc1cc(Br)ccc1C(Cl)c1ccc2[nH]c(=O)oc2c1. The Morgan fingerprint density at radius 3 is 2.86 bits per heavy atom. The number of halogens is 2. The number of ether oxygens (including phenoxy) is 1. The summed E-state index contributed by atoms with van der Waals surface area (Å²) in [4.78, 5) is 13.8. The van der Waals surface area contributed by atoms with Gasteiger partial charge in [0.25, 0.3) is 0 Å². The standard InChI is InChI=1S/C15H11BrClNO3/c1-20-12-7-9(16)3-4-10(12)14(17)8-2-5-11-13(6-8)21-15(19)18-11/h2-7,14H,1H3,(H,18,19). The zero-order valence-corrected chi connectivity index (χ0v) is 13.4. The molecule has 0 bridgehead atoms. The van der Waals surface area contributed by atoms with E-state index in [0.29, 0.717) is 16.8 Å². The number of aromatic nitrogens is 1. The number of hydrogen-bond acceptors (Lipinski definition) is 3. The Morgan fingerprint density at radius 1 is 1.29 bits per heavy atom. The molecule has 1 heterocycles. The zero-order valence-electron chi connectivity index (χ0n) is 11.0. The van der Waals surface area contributed by atoms with Gasteiger partial charge in [0, 0.05) is 10.0 Å². The van der Waals surface area contributed by atoms with Gasteiger partial charge in [-0.15, -0.1) is 11.6 Å². The smallest absolute Gasteiger partial charge is 0.417 e. The Bertz CT molecular complexity index is 855. The van der Waals surface area contributed by atoms with Crippen molar-refractivity contribution in [3.63, 3.8) is 0 Å². The lowest BCUT2D eigenvalue weighted by molar-refractivity contribution is 0.410. The molecule has 0 spiro atoms. The van der Waals surface area contributed by atoms with Crippen LogP contribution in [-0.4, -0.2) is 12.1 Å². The minimum absolute atomic E-state index is 0.405. The van der Waals surface area contributed by atoms with Crippen LogP contribution in [0.1, 0.15) is 16.5 Å². The first-order chi connectivity index (χ1) is 10.1. The van der Waals surface area contributed by atoms with Crippen molar-refractivity contribution in [3.05, 3.63) is 62.5 Å². The first-order valence-corrected chi connectivity index (χ1v) is 7.41. The van der Waals surface area contributed by atoms with Crippen LogP contribution in [0, 0.1) is 0 Å². The fourth-order valence-electron chi connectivity index (χ4n) is 2.19. The fraction of sp³-hybridized carbons (Fsp3) is 0.133. The first-order valence-electron chi connectivity index (χ1n) is 6.19. The molecule has 3 aromatic rings. The van der Waals surface area contributed by atoms with Crippen molar-refractivity contribution in [1.82, 2.24) is 4.98 Å². The summed E-state index contributed by atoms with van der Waals surface area (Å²) >= 11 is 9.95. The summed E-state index contributed by atoms with van der Waals surface area (Å²) in [6, 6.07) is 11.1. The van der Waals surface area contributed by atoms with Gasteiger partial charge in [0.2, 0.25) is 0 Å². The molecule has 6 heteroatoms. The van der Waals surface area contributed by atoms with Crippen LogP contribution in [0.4, 0.5) is 0 Å². The maximum atomic E-state index is 11.2. The lowest BCUT2D eigenvalue weighted by Gasteiger charge is -2.14. The molecule has 0 saturated heterocycles. The van der Waals surface area contributed by atoms with E-state index in [9.17, 15) is 4.79 Å². The Hall–Kier alpha value is -1.72. The maximum absolute atomic E-state index is 11.2. The molecule has 1 aromatic heterocycles. The summed E-state index contributed by atoms with van der Waals surface area (Å²) < 4.78 is 11.3. The zero-order chi connectivity index (χ0) is 15.0. The Morgan fingerprint density at radius 2 is 2.10 bits per heavy atom. The molecule has 0 aliphatic heterocycles. The van der Waals surface area contributed by atoms with Crippen LogP contribution >= 0.6 is 27.5 Å². The van der Waals surface area contributed by atoms with Crippen molar-refractivity contribution in [2.24, 2.45) is 0 Å². The van der Waals surface area contributed by atoms with Crippen LogP contribution in [0.15, 0.2) is 50.1 Å². The van der Waals surface area contributed by atoms with Gasteiger partial charge in [-0.2, -0.15) is 0 Å². The molecule has 0 saturated carbocycles. The molecule has 108 valence electrons. The van der Waals surface area contributed by atoms with Crippen molar-refractivity contribution in [2.75, 3.05) is 7.11 Å². The van der Waals surface area contributed by atoms with Gasteiger partial charge in [-0.25, -0.2) is 4.79 Å². The largest absolute Gasteiger partial charge is 0.496 e. The van der Waals surface area contributed by atoms with Gasteiger partial charge in [0.05, 0.1) is 18.0 Å². The van der Waals surface area contributed by atoms with Crippen molar-refractivity contribution in [2.45, 2.75) is 5.38 Å². The molecule has 1 N–H and O–H groups in total. The van der Waals surface area contributed by atoms with Crippen molar-refractivity contribution in [3.8, 4) is 5.75 Å². The second-order valence-corrected chi connectivity index (χ2v) is 5.87. The van der Waals surface area contributed by atoms with Crippen LogP contribution in [-0.2, 0) is 0 Å². The molecule has 0 amide bonds. The maximum Gasteiger partial charge on any atom is 0.417 e. The number of aromatic amines is 1. The molecule has 2 aromatic carbocycles. The average Bonchev–Trinajstić information content (AvgIpc) is 2.85. The van der Waals surface area contributed by atoms with Crippen LogP contribution in [0.5, 0.6) is 5.75 Å². The summed E-state index contributed by atoms with van der Waals surface area (Å²) in [5.74, 6) is 0.217. The summed E-state index contributed by atoms with van der Waals surface area (Å²) in [7, 11) is 1.60. The summed E-state index contributed by atoms with van der Waals surface area (Å²) in [6.45, 7) is 0. The first kappa shape index (κ1) is 14.2. The Labute approximate surface area is 133 Å². The van der Waals surface area contributed by atoms with Gasteiger partial charge in [0.1, 0.15) is 5.75 Å². The molecular formula is C15H11BrClNO3. The molecule has 1 atom stereocenters. The highest BCUT2D eigenvalue weighted by atomic mass is 79.9. The second-order valence-electron chi connectivity index (χ2n) is 4.52. The third kappa shape index (κ3) is 2.71. The monoisotopic (exact) mass is 367 g/mol. The van der Waals surface area contributed by atoms with E-state index in [1.807, 2.05) is 24.3 Å². The van der Waals surface area contributed by atoms with E-state index in [-0.39, 0.29) is 0 Å². The van der Waals surface area contributed by atoms with Gasteiger partial charge in [0.15, 0.2) is 5.58 Å². The van der Waals surface area contributed by atoms with Crippen molar-refractivity contribution >= 4 is 38.6 Å². The van der Waals surface area contributed by atoms with Crippen molar-refractivity contribution < 1.29 is 9.15 Å². The normalized spacial score (nSPS) is 12.5. The lowest BCUT2D eigenvalue weighted by Crippen LogP contribution is -1.97. The average molecular weight is 369 g/mol. The highest BCUT2D eigenvalue weighted by molar-refractivity contribution is 9.10.